The summed E-state index contributed by atoms with van der Waals surface area (Å²) in [7, 11) is 0. The van der Waals surface area contributed by atoms with Gasteiger partial charge in [-0.05, 0) is 60.5 Å². The largest absolute Gasteiger partial charge is 0.508 e. The Labute approximate surface area is 171 Å². The lowest BCUT2D eigenvalue weighted by Crippen LogP contribution is -2.30. The van der Waals surface area contributed by atoms with E-state index < -0.39 is 23.8 Å². The highest BCUT2D eigenvalue weighted by Crippen LogP contribution is 2.23. The normalized spacial score (nSPS) is 11.6. The maximum atomic E-state index is 13.8. The van der Waals surface area contributed by atoms with Crippen molar-refractivity contribution in [1.82, 2.24) is 0 Å². The molecule has 0 bridgehead atoms. The van der Waals surface area contributed by atoms with Crippen molar-refractivity contribution in [1.29, 1.82) is 0 Å². The lowest BCUT2D eigenvalue weighted by molar-refractivity contribution is -0.123. The lowest BCUT2D eigenvalue weighted by atomic mass is 10.0. The molecule has 2 N–H and O–H groups in total. The van der Waals surface area contributed by atoms with Crippen molar-refractivity contribution in [3.05, 3.63) is 83.1 Å². The maximum absolute atomic E-state index is 13.8. The predicted molar refractivity (Wildman–Crippen MR) is 108 cm³/mol. The van der Waals surface area contributed by atoms with Crippen LogP contribution in [-0.2, 0) is 9.53 Å². The molecule has 1 unspecified atom stereocenters. The molecule has 0 spiro atoms. The standard InChI is InChI=1S/C22H17ClFNO4/c1-13(21(27)25-20-11-8-17(23)12-19(20)24)29-22(28)16-4-2-14(3-5-16)15-6-9-18(26)10-7-15/h2-13,26H,1H3,(H,25,27). The lowest BCUT2D eigenvalue weighted by Gasteiger charge is -2.14. The summed E-state index contributed by atoms with van der Waals surface area (Å²) in [5, 5.41) is 11.9. The van der Waals surface area contributed by atoms with Crippen LogP contribution in [0.25, 0.3) is 11.1 Å². The second-order valence-electron chi connectivity index (χ2n) is 6.29. The van der Waals surface area contributed by atoms with Crippen LogP contribution in [0.3, 0.4) is 0 Å². The zero-order valence-corrected chi connectivity index (χ0v) is 16.1. The number of carbonyl (C=O) groups excluding carboxylic acids is 2. The molecule has 0 saturated heterocycles. The Hall–Kier alpha value is -3.38. The Morgan fingerprint density at radius 1 is 1.00 bits per heavy atom. The summed E-state index contributed by atoms with van der Waals surface area (Å²) < 4.78 is 18.9. The number of halogens is 2. The van der Waals surface area contributed by atoms with Gasteiger partial charge in [0.2, 0.25) is 0 Å². The van der Waals surface area contributed by atoms with Crippen molar-refractivity contribution < 1.29 is 23.8 Å². The second-order valence-corrected chi connectivity index (χ2v) is 6.72. The molecule has 0 fully saturated rings. The second kappa shape index (κ2) is 8.75. The van der Waals surface area contributed by atoms with Gasteiger partial charge in [0.15, 0.2) is 6.10 Å². The summed E-state index contributed by atoms with van der Waals surface area (Å²) in [5.41, 5.74) is 1.94. The van der Waals surface area contributed by atoms with E-state index in [0.717, 1.165) is 17.2 Å². The van der Waals surface area contributed by atoms with Crippen LogP contribution < -0.4 is 5.32 Å². The number of esters is 1. The minimum atomic E-state index is -1.13. The number of rotatable bonds is 5. The van der Waals surface area contributed by atoms with E-state index in [1.54, 1.807) is 48.5 Å². The van der Waals surface area contributed by atoms with Gasteiger partial charge < -0.3 is 15.2 Å². The fourth-order valence-corrected chi connectivity index (χ4v) is 2.72. The van der Waals surface area contributed by atoms with Gasteiger partial charge in [-0.2, -0.15) is 0 Å². The molecule has 3 rings (SSSR count). The fraction of sp³-hybridized carbons (Fsp3) is 0.0909. The molecule has 0 aliphatic rings. The molecule has 1 atom stereocenters. The molecule has 0 saturated carbocycles. The van der Waals surface area contributed by atoms with Gasteiger partial charge in [-0.1, -0.05) is 35.9 Å². The first-order valence-corrected chi connectivity index (χ1v) is 9.07. The summed E-state index contributed by atoms with van der Waals surface area (Å²) in [5.74, 6) is -1.87. The number of benzene rings is 3. The molecule has 7 heteroatoms. The van der Waals surface area contributed by atoms with E-state index in [1.807, 2.05) is 0 Å². The molecule has 1 amide bonds. The molecule has 5 nitrogen and oxygen atoms in total. The van der Waals surface area contributed by atoms with Crippen LogP contribution >= 0.6 is 11.6 Å². The number of ether oxygens (including phenoxy) is 1. The molecule has 0 aliphatic heterocycles. The van der Waals surface area contributed by atoms with Crippen LogP contribution in [-0.4, -0.2) is 23.1 Å². The Bertz CT molecular complexity index is 1040. The van der Waals surface area contributed by atoms with Gasteiger partial charge >= 0.3 is 5.97 Å². The van der Waals surface area contributed by atoms with Crippen molar-refractivity contribution in [3.8, 4) is 16.9 Å². The van der Waals surface area contributed by atoms with Gasteiger partial charge in [0, 0.05) is 5.02 Å². The Morgan fingerprint density at radius 3 is 2.17 bits per heavy atom. The van der Waals surface area contributed by atoms with Gasteiger partial charge in [0.1, 0.15) is 11.6 Å². The topological polar surface area (TPSA) is 75.6 Å². The van der Waals surface area contributed by atoms with E-state index in [1.165, 1.54) is 19.1 Å². The highest BCUT2D eigenvalue weighted by atomic mass is 35.5. The first-order chi connectivity index (χ1) is 13.8. The number of carbonyl (C=O) groups is 2. The first-order valence-electron chi connectivity index (χ1n) is 8.70. The minimum Gasteiger partial charge on any atom is -0.508 e. The molecule has 0 heterocycles. The smallest absolute Gasteiger partial charge is 0.338 e. The van der Waals surface area contributed by atoms with Crippen molar-refractivity contribution in [2.75, 3.05) is 5.32 Å². The summed E-state index contributed by atoms with van der Waals surface area (Å²) in [4.78, 5) is 24.5. The summed E-state index contributed by atoms with van der Waals surface area (Å²) in [6, 6.07) is 17.1. The SMILES string of the molecule is CC(OC(=O)c1ccc(-c2ccc(O)cc2)cc1)C(=O)Nc1ccc(Cl)cc1F. The molecule has 29 heavy (non-hydrogen) atoms. The minimum absolute atomic E-state index is 0.0550. The Morgan fingerprint density at radius 2 is 1.59 bits per heavy atom. The van der Waals surface area contributed by atoms with E-state index in [4.69, 9.17) is 16.3 Å². The monoisotopic (exact) mass is 413 g/mol. The van der Waals surface area contributed by atoms with Crippen molar-refractivity contribution in [3.63, 3.8) is 0 Å². The molecule has 0 aliphatic carbocycles. The Balaban J connectivity index is 1.62. The Kier molecular flexibility index (Phi) is 6.14. The molecule has 0 aromatic heterocycles. The average Bonchev–Trinajstić information content (AvgIpc) is 2.70. The molecular weight excluding hydrogens is 397 g/mol. The first kappa shape index (κ1) is 20.4. The molecule has 3 aromatic rings. The van der Waals surface area contributed by atoms with E-state index in [-0.39, 0.29) is 22.0 Å². The number of phenolic OH excluding ortho intramolecular Hbond substituents is 1. The maximum Gasteiger partial charge on any atom is 0.338 e. The number of hydrogen-bond acceptors (Lipinski definition) is 4. The third-order valence-corrected chi connectivity index (χ3v) is 4.40. The van der Waals surface area contributed by atoms with E-state index in [0.29, 0.717) is 0 Å². The molecular formula is C22H17ClFNO4. The van der Waals surface area contributed by atoms with Gasteiger partial charge in [-0.25, -0.2) is 9.18 Å². The summed E-state index contributed by atoms with van der Waals surface area (Å²) >= 11 is 5.68. The number of anilines is 1. The fourth-order valence-electron chi connectivity index (χ4n) is 2.56. The third kappa shape index (κ3) is 5.12. The van der Waals surface area contributed by atoms with Crippen LogP contribution in [0.2, 0.25) is 5.02 Å². The van der Waals surface area contributed by atoms with Gasteiger partial charge in [-0.3, -0.25) is 4.79 Å². The molecule has 3 aromatic carbocycles. The zero-order valence-electron chi connectivity index (χ0n) is 15.4. The number of nitrogens with one attached hydrogen (secondary N) is 1. The average molecular weight is 414 g/mol. The quantitative estimate of drug-likeness (QED) is 0.575. The number of aromatic hydroxyl groups is 1. The summed E-state index contributed by atoms with van der Waals surface area (Å²) in [6.07, 6.45) is -1.13. The number of hydrogen-bond donors (Lipinski definition) is 2. The van der Waals surface area contributed by atoms with E-state index in [9.17, 15) is 19.1 Å². The van der Waals surface area contributed by atoms with Crippen LogP contribution in [0.1, 0.15) is 17.3 Å². The van der Waals surface area contributed by atoms with Gasteiger partial charge in [0.25, 0.3) is 5.91 Å². The van der Waals surface area contributed by atoms with Crippen LogP contribution in [0, 0.1) is 5.82 Å². The predicted octanol–water partition coefficient (Wildman–Crippen LogP) is 5.04. The molecule has 148 valence electrons. The molecule has 0 radical (unpaired) electrons. The van der Waals surface area contributed by atoms with Crippen molar-refractivity contribution >= 4 is 29.2 Å². The third-order valence-electron chi connectivity index (χ3n) is 4.16. The number of amides is 1. The highest BCUT2D eigenvalue weighted by molar-refractivity contribution is 6.30. The van der Waals surface area contributed by atoms with Crippen molar-refractivity contribution in [2.45, 2.75) is 13.0 Å². The highest BCUT2D eigenvalue weighted by Gasteiger charge is 2.20. The van der Waals surface area contributed by atoms with Crippen LogP contribution in [0.15, 0.2) is 66.7 Å². The summed E-state index contributed by atoms with van der Waals surface area (Å²) in [6.45, 7) is 1.39. The van der Waals surface area contributed by atoms with Crippen molar-refractivity contribution in [2.24, 2.45) is 0 Å². The van der Waals surface area contributed by atoms with Crippen LogP contribution in [0.4, 0.5) is 10.1 Å². The van der Waals surface area contributed by atoms with Crippen LogP contribution in [0.5, 0.6) is 5.75 Å². The van der Waals surface area contributed by atoms with E-state index >= 15 is 0 Å². The zero-order chi connectivity index (χ0) is 21.0. The van der Waals surface area contributed by atoms with E-state index in [2.05, 4.69) is 5.32 Å². The van der Waals surface area contributed by atoms with Gasteiger partial charge in [0.05, 0.1) is 11.3 Å². The van der Waals surface area contributed by atoms with Gasteiger partial charge in [-0.15, -0.1) is 0 Å². The number of phenols is 1.